The lowest BCUT2D eigenvalue weighted by molar-refractivity contribution is 0.210. The van der Waals surface area contributed by atoms with Gasteiger partial charge in [-0.2, -0.15) is 4.98 Å². The number of aromatic nitrogens is 1. The van der Waals surface area contributed by atoms with Crippen LogP contribution in [0.25, 0.3) is 11.5 Å². The van der Waals surface area contributed by atoms with E-state index in [0.717, 1.165) is 5.56 Å². The summed E-state index contributed by atoms with van der Waals surface area (Å²) in [4.78, 5) is 4.46. The Morgan fingerprint density at radius 1 is 1.07 bits per heavy atom. The molecule has 1 heterocycles. The number of aryl methyl sites for hydroxylation is 1. The number of sulfone groups is 1. The molecule has 0 unspecified atom stereocenters. The molecular formula is C21H24N2O5S. The van der Waals surface area contributed by atoms with Gasteiger partial charge in [-0.15, -0.1) is 0 Å². The summed E-state index contributed by atoms with van der Waals surface area (Å²) < 4.78 is 42.6. The Hall–Kier alpha value is -2.84. The van der Waals surface area contributed by atoms with E-state index >= 15 is 0 Å². The fraction of sp³-hybridized carbons (Fsp3) is 0.286. The van der Waals surface area contributed by atoms with Gasteiger partial charge in [0.25, 0.3) is 0 Å². The predicted molar refractivity (Wildman–Crippen MR) is 110 cm³/mol. The maximum atomic E-state index is 13.2. The van der Waals surface area contributed by atoms with Gasteiger partial charge in [-0.05, 0) is 50.2 Å². The molecule has 29 heavy (non-hydrogen) atoms. The van der Waals surface area contributed by atoms with E-state index in [-0.39, 0.29) is 21.7 Å². The molecule has 0 atom stereocenters. The monoisotopic (exact) mass is 416 g/mol. The van der Waals surface area contributed by atoms with E-state index < -0.39 is 9.84 Å². The van der Waals surface area contributed by atoms with Crippen molar-refractivity contribution in [2.24, 2.45) is 0 Å². The molecule has 0 bridgehead atoms. The molecule has 0 aliphatic carbocycles. The zero-order valence-electron chi connectivity index (χ0n) is 16.6. The van der Waals surface area contributed by atoms with Crippen LogP contribution in [0.15, 0.2) is 62.9 Å². The van der Waals surface area contributed by atoms with Gasteiger partial charge in [-0.3, -0.25) is 0 Å². The molecule has 0 amide bonds. The molecule has 0 radical (unpaired) electrons. The Balaban J connectivity index is 2.01. The molecule has 2 aromatic carbocycles. The molecule has 154 valence electrons. The molecule has 3 rings (SSSR count). The van der Waals surface area contributed by atoms with Crippen molar-refractivity contribution in [1.29, 1.82) is 0 Å². The van der Waals surface area contributed by atoms with E-state index in [4.69, 9.17) is 13.9 Å². The summed E-state index contributed by atoms with van der Waals surface area (Å²) in [5.74, 6) is 1.01. The SMILES string of the molecule is CCOc1ccc(-c2nc(S(=O)(=O)c3ccc(C)cc3)c(NCCOC)o2)cc1. The van der Waals surface area contributed by atoms with E-state index in [1.165, 1.54) is 0 Å². The number of hydrogen-bond donors (Lipinski definition) is 1. The fourth-order valence-corrected chi connectivity index (χ4v) is 3.96. The largest absolute Gasteiger partial charge is 0.494 e. The summed E-state index contributed by atoms with van der Waals surface area (Å²) in [7, 11) is -2.29. The second-order valence-electron chi connectivity index (χ2n) is 6.35. The maximum Gasteiger partial charge on any atom is 0.233 e. The molecule has 0 fully saturated rings. The van der Waals surface area contributed by atoms with Crippen molar-refractivity contribution in [3.63, 3.8) is 0 Å². The lowest BCUT2D eigenvalue weighted by Gasteiger charge is -2.06. The number of anilines is 1. The Kier molecular flexibility index (Phi) is 6.56. The molecule has 0 aliphatic heterocycles. The smallest absolute Gasteiger partial charge is 0.233 e. The molecule has 1 N–H and O–H groups in total. The molecule has 1 aromatic heterocycles. The zero-order chi connectivity index (χ0) is 20.9. The van der Waals surface area contributed by atoms with Gasteiger partial charge in [0, 0.05) is 19.2 Å². The number of oxazole rings is 1. The highest BCUT2D eigenvalue weighted by Gasteiger charge is 2.28. The number of methoxy groups -OCH3 is 1. The predicted octanol–water partition coefficient (Wildman–Crippen LogP) is 3.94. The van der Waals surface area contributed by atoms with Crippen molar-refractivity contribution < 1.29 is 22.3 Å². The lowest BCUT2D eigenvalue weighted by Crippen LogP contribution is -2.11. The normalized spacial score (nSPS) is 11.4. The summed E-state index contributed by atoms with van der Waals surface area (Å²) in [5, 5.41) is 2.81. The van der Waals surface area contributed by atoms with Crippen LogP contribution in [-0.2, 0) is 14.6 Å². The summed E-state index contributed by atoms with van der Waals surface area (Å²) in [6, 6.07) is 13.8. The molecule has 0 saturated heterocycles. The van der Waals surface area contributed by atoms with Gasteiger partial charge >= 0.3 is 0 Å². The second kappa shape index (κ2) is 9.11. The Bertz CT molecular complexity index is 1040. The van der Waals surface area contributed by atoms with Crippen molar-refractivity contribution >= 4 is 15.7 Å². The first-order valence-electron chi connectivity index (χ1n) is 9.24. The number of ether oxygens (including phenoxy) is 2. The quantitative estimate of drug-likeness (QED) is 0.528. The molecular weight excluding hydrogens is 392 g/mol. The minimum Gasteiger partial charge on any atom is -0.494 e. The van der Waals surface area contributed by atoms with E-state index in [1.807, 2.05) is 13.8 Å². The van der Waals surface area contributed by atoms with Gasteiger partial charge in [0.15, 0.2) is 0 Å². The van der Waals surface area contributed by atoms with Crippen molar-refractivity contribution in [1.82, 2.24) is 4.98 Å². The van der Waals surface area contributed by atoms with Gasteiger partial charge in [-0.1, -0.05) is 17.7 Å². The summed E-state index contributed by atoms with van der Waals surface area (Å²) in [6.45, 7) is 5.13. The van der Waals surface area contributed by atoms with Crippen LogP contribution in [-0.4, -0.2) is 40.3 Å². The van der Waals surface area contributed by atoms with Crippen LogP contribution in [0.3, 0.4) is 0 Å². The maximum absolute atomic E-state index is 13.2. The average Bonchev–Trinajstić information content (AvgIpc) is 3.14. The van der Waals surface area contributed by atoms with Crippen molar-refractivity contribution in [2.75, 3.05) is 32.2 Å². The standard InChI is InChI=1S/C21H24N2O5S/c1-4-27-17-9-7-16(8-10-17)19-23-21(20(28-19)22-13-14-26-3)29(24,25)18-11-5-15(2)6-12-18/h5-12,22H,4,13-14H2,1-3H3. The lowest BCUT2D eigenvalue weighted by atomic mass is 10.2. The number of benzene rings is 2. The van der Waals surface area contributed by atoms with E-state index in [2.05, 4.69) is 10.3 Å². The van der Waals surface area contributed by atoms with Gasteiger partial charge in [0.05, 0.1) is 18.1 Å². The van der Waals surface area contributed by atoms with Crippen LogP contribution in [0, 0.1) is 6.92 Å². The third-order valence-corrected chi connectivity index (χ3v) is 5.86. The zero-order valence-corrected chi connectivity index (χ0v) is 17.5. The second-order valence-corrected chi connectivity index (χ2v) is 8.21. The molecule has 0 aliphatic rings. The van der Waals surface area contributed by atoms with Gasteiger partial charge in [-0.25, -0.2) is 8.42 Å². The van der Waals surface area contributed by atoms with Gasteiger partial charge in [0.2, 0.25) is 26.6 Å². The third-order valence-electron chi connectivity index (χ3n) is 4.19. The minimum atomic E-state index is -3.86. The molecule has 0 saturated carbocycles. The molecule has 0 spiro atoms. The van der Waals surface area contributed by atoms with Crippen LogP contribution in [0.4, 0.5) is 5.88 Å². The van der Waals surface area contributed by atoms with Crippen molar-refractivity contribution in [3.8, 4) is 17.2 Å². The Morgan fingerprint density at radius 3 is 2.38 bits per heavy atom. The average molecular weight is 416 g/mol. The van der Waals surface area contributed by atoms with Gasteiger partial charge in [0.1, 0.15) is 5.75 Å². The minimum absolute atomic E-state index is 0.0894. The highest BCUT2D eigenvalue weighted by atomic mass is 32.2. The van der Waals surface area contributed by atoms with Crippen LogP contribution in [0.1, 0.15) is 12.5 Å². The highest BCUT2D eigenvalue weighted by molar-refractivity contribution is 7.91. The number of nitrogens with one attached hydrogen (secondary N) is 1. The van der Waals surface area contributed by atoms with E-state index in [1.54, 1.807) is 55.6 Å². The van der Waals surface area contributed by atoms with Crippen LogP contribution in [0.2, 0.25) is 0 Å². The highest BCUT2D eigenvalue weighted by Crippen LogP contribution is 2.33. The number of rotatable bonds is 9. The van der Waals surface area contributed by atoms with Crippen LogP contribution < -0.4 is 10.1 Å². The van der Waals surface area contributed by atoms with Crippen molar-refractivity contribution in [2.45, 2.75) is 23.8 Å². The van der Waals surface area contributed by atoms with Crippen LogP contribution >= 0.6 is 0 Å². The van der Waals surface area contributed by atoms with Crippen molar-refractivity contribution in [3.05, 3.63) is 54.1 Å². The first-order valence-corrected chi connectivity index (χ1v) is 10.7. The van der Waals surface area contributed by atoms with E-state index in [0.29, 0.717) is 31.1 Å². The number of hydrogen-bond acceptors (Lipinski definition) is 7. The molecule has 8 heteroatoms. The Morgan fingerprint density at radius 2 is 1.76 bits per heavy atom. The fourth-order valence-electron chi connectivity index (χ4n) is 2.68. The first-order chi connectivity index (χ1) is 14.0. The number of nitrogens with zero attached hydrogens (tertiary/aromatic N) is 1. The summed E-state index contributed by atoms with van der Waals surface area (Å²) in [6.07, 6.45) is 0. The molecule has 7 nitrogen and oxygen atoms in total. The topological polar surface area (TPSA) is 90.7 Å². The molecule has 3 aromatic rings. The van der Waals surface area contributed by atoms with Gasteiger partial charge < -0.3 is 19.2 Å². The van der Waals surface area contributed by atoms with Crippen LogP contribution in [0.5, 0.6) is 5.75 Å². The third kappa shape index (κ3) is 4.78. The van der Waals surface area contributed by atoms with E-state index in [9.17, 15) is 8.42 Å². The first kappa shape index (κ1) is 20.9. The Labute approximate surface area is 170 Å². The summed E-state index contributed by atoms with van der Waals surface area (Å²) in [5.41, 5.74) is 1.62. The summed E-state index contributed by atoms with van der Waals surface area (Å²) >= 11 is 0.